The molecule has 0 aliphatic carbocycles. The highest BCUT2D eigenvalue weighted by Crippen LogP contribution is 2.38. The normalized spacial score (nSPS) is 10.6. The van der Waals surface area contributed by atoms with Crippen LogP contribution in [0.15, 0.2) is 61.1 Å². The summed E-state index contributed by atoms with van der Waals surface area (Å²) in [6.07, 6.45) is 5.07. The average molecular weight is 389 g/mol. The van der Waals surface area contributed by atoms with Gasteiger partial charge in [-0.3, -0.25) is 4.98 Å². The van der Waals surface area contributed by atoms with E-state index in [9.17, 15) is 0 Å². The van der Waals surface area contributed by atoms with Crippen molar-refractivity contribution in [1.29, 1.82) is 0 Å². The minimum atomic E-state index is 0.585. The van der Waals surface area contributed by atoms with Gasteiger partial charge in [0.15, 0.2) is 17.3 Å². The van der Waals surface area contributed by atoms with Crippen LogP contribution in [0.3, 0.4) is 0 Å². The van der Waals surface area contributed by atoms with Gasteiger partial charge in [0.2, 0.25) is 0 Å². The van der Waals surface area contributed by atoms with Gasteiger partial charge in [-0.15, -0.1) is 0 Å². The number of benzene rings is 2. The van der Waals surface area contributed by atoms with Crippen molar-refractivity contribution in [2.45, 2.75) is 0 Å². The largest absolute Gasteiger partial charge is 0.497 e. The van der Waals surface area contributed by atoms with Crippen LogP contribution in [-0.4, -0.2) is 36.3 Å². The van der Waals surface area contributed by atoms with Gasteiger partial charge in [-0.2, -0.15) is 0 Å². The first-order chi connectivity index (χ1) is 14.2. The van der Waals surface area contributed by atoms with Crippen molar-refractivity contribution in [2.24, 2.45) is 0 Å². The van der Waals surface area contributed by atoms with E-state index in [0.717, 1.165) is 16.5 Å². The van der Waals surface area contributed by atoms with Crippen molar-refractivity contribution >= 4 is 10.9 Å². The van der Waals surface area contributed by atoms with Gasteiger partial charge < -0.3 is 18.9 Å². The lowest BCUT2D eigenvalue weighted by Crippen LogP contribution is -1.94. The van der Waals surface area contributed by atoms with Crippen molar-refractivity contribution in [2.75, 3.05) is 21.3 Å². The standard InChI is InChI=1S/C22H19N3O4/c1-26-15-9-14(22-24-6-4-7-25-22)10-16(11-15)29-19-5-8-23-18-13-21(28-3)20(27-2)12-17(18)19/h4-13H,1-3H3. The van der Waals surface area contributed by atoms with Gasteiger partial charge in [0.1, 0.15) is 17.2 Å². The third-order valence-electron chi connectivity index (χ3n) is 4.37. The van der Waals surface area contributed by atoms with Crippen LogP contribution >= 0.6 is 0 Å². The number of nitrogens with zero attached hydrogens (tertiary/aromatic N) is 3. The van der Waals surface area contributed by atoms with E-state index in [1.54, 1.807) is 58.1 Å². The van der Waals surface area contributed by atoms with Crippen LogP contribution in [0.25, 0.3) is 22.3 Å². The van der Waals surface area contributed by atoms with Gasteiger partial charge in [0.05, 0.1) is 26.8 Å². The zero-order valence-electron chi connectivity index (χ0n) is 16.2. The number of fused-ring (bicyclic) bond motifs is 1. The summed E-state index contributed by atoms with van der Waals surface area (Å²) in [7, 11) is 4.79. The molecule has 0 atom stereocenters. The first kappa shape index (κ1) is 18.5. The highest BCUT2D eigenvalue weighted by molar-refractivity contribution is 5.88. The molecule has 0 saturated carbocycles. The molecule has 0 aliphatic rings. The molecule has 7 nitrogen and oxygen atoms in total. The van der Waals surface area contributed by atoms with Gasteiger partial charge in [0.25, 0.3) is 0 Å². The maximum Gasteiger partial charge on any atom is 0.162 e. The van der Waals surface area contributed by atoms with Crippen LogP contribution in [0.1, 0.15) is 0 Å². The number of hydrogen-bond acceptors (Lipinski definition) is 7. The highest BCUT2D eigenvalue weighted by Gasteiger charge is 2.13. The fourth-order valence-corrected chi connectivity index (χ4v) is 2.99. The SMILES string of the molecule is COc1cc(Oc2ccnc3cc(OC)c(OC)cc23)cc(-c2ncccn2)c1. The number of hydrogen-bond donors (Lipinski definition) is 0. The Hall–Kier alpha value is -3.87. The lowest BCUT2D eigenvalue weighted by atomic mass is 10.1. The molecule has 0 spiro atoms. The van der Waals surface area contributed by atoms with Crippen molar-refractivity contribution in [3.8, 4) is 40.1 Å². The van der Waals surface area contributed by atoms with Gasteiger partial charge in [-0.25, -0.2) is 9.97 Å². The summed E-state index contributed by atoms with van der Waals surface area (Å²) in [6, 6.07) is 12.8. The Morgan fingerprint density at radius 2 is 1.38 bits per heavy atom. The smallest absolute Gasteiger partial charge is 0.162 e. The van der Waals surface area contributed by atoms with Crippen molar-refractivity contribution < 1.29 is 18.9 Å². The van der Waals surface area contributed by atoms with E-state index >= 15 is 0 Å². The average Bonchev–Trinajstić information content (AvgIpc) is 2.78. The lowest BCUT2D eigenvalue weighted by Gasteiger charge is -2.13. The van der Waals surface area contributed by atoms with E-state index in [0.29, 0.717) is 34.6 Å². The maximum absolute atomic E-state index is 6.20. The Balaban J connectivity index is 1.78. The molecule has 146 valence electrons. The lowest BCUT2D eigenvalue weighted by molar-refractivity contribution is 0.355. The van der Waals surface area contributed by atoms with E-state index in [-0.39, 0.29) is 0 Å². The maximum atomic E-state index is 6.20. The van der Waals surface area contributed by atoms with E-state index < -0.39 is 0 Å². The summed E-state index contributed by atoms with van der Waals surface area (Å²) >= 11 is 0. The molecule has 29 heavy (non-hydrogen) atoms. The molecule has 2 heterocycles. The molecule has 0 saturated heterocycles. The minimum Gasteiger partial charge on any atom is -0.497 e. The minimum absolute atomic E-state index is 0.585. The summed E-state index contributed by atoms with van der Waals surface area (Å²) in [4.78, 5) is 13.0. The second-order valence-electron chi connectivity index (χ2n) is 6.11. The van der Waals surface area contributed by atoms with Crippen molar-refractivity contribution in [3.05, 3.63) is 61.1 Å². The van der Waals surface area contributed by atoms with Crippen LogP contribution in [0.2, 0.25) is 0 Å². The molecule has 4 aromatic rings. The summed E-state index contributed by atoms with van der Waals surface area (Å²) < 4.78 is 22.4. The predicted octanol–water partition coefficient (Wildman–Crippen LogP) is 4.51. The number of aromatic nitrogens is 3. The predicted molar refractivity (Wildman–Crippen MR) is 109 cm³/mol. The monoisotopic (exact) mass is 389 g/mol. The zero-order chi connectivity index (χ0) is 20.2. The molecule has 7 heteroatoms. The van der Waals surface area contributed by atoms with Crippen LogP contribution in [0, 0.1) is 0 Å². The Labute approximate surface area is 167 Å². The Morgan fingerprint density at radius 1 is 0.655 bits per heavy atom. The molecular weight excluding hydrogens is 370 g/mol. The molecule has 0 unspecified atom stereocenters. The molecule has 0 amide bonds. The van der Waals surface area contributed by atoms with E-state index in [1.165, 1.54) is 0 Å². The van der Waals surface area contributed by atoms with Gasteiger partial charge in [-0.05, 0) is 30.3 Å². The fraction of sp³-hybridized carbons (Fsp3) is 0.136. The topological polar surface area (TPSA) is 75.6 Å². The molecule has 0 N–H and O–H groups in total. The van der Waals surface area contributed by atoms with Crippen molar-refractivity contribution in [1.82, 2.24) is 15.0 Å². The first-order valence-corrected chi connectivity index (χ1v) is 8.87. The van der Waals surface area contributed by atoms with E-state index in [4.69, 9.17) is 18.9 Å². The molecule has 0 bridgehead atoms. The number of rotatable bonds is 6. The molecule has 0 radical (unpaired) electrons. The molecule has 4 rings (SSSR count). The van der Waals surface area contributed by atoms with Crippen LogP contribution in [0.4, 0.5) is 0 Å². The Kier molecular flexibility index (Phi) is 5.11. The second kappa shape index (κ2) is 8.02. The number of pyridine rings is 1. The Morgan fingerprint density at radius 3 is 2.10 bits per heavy atom. The quantitative estimate of drug-likeness (QED) is 0.480. The molecule has 2 aromatic carbocycles. The van der Waals surface area contributed by atoms with Crippen molar-refractivity contribution in [3.63, 3.8) is 0 Å². The summed E-state index contributed by atoms with van der Waals surface area (Å²) in [5, 5.41) is 0.797. The van der Waals surface area contributed by atoms with E-state index in [1.807, 2.05) is 24.3 Å². The fourth-order valence-electron chi connectivity index (χ4n) is 2.99. The van der Waals surface area contributed by atoms with Gasteiger partial charge >= 0.3 is 0 Å². The summed E-state index contributed by atoms with van der Waals surface area (Å²) in [5.41, 5.74) is 1.52. The first-order valence-electron chi connectivity index (χ1n) is 8.87. The van der Waals surface area contributed by atoms with Crippen LogP contribution < -0.4 is 18.9 Å². The number of methoxy groups -OCH3 is 3. The molecular formula is C22H19N3O4. The van der Waals surface area contributed by atoms with Gasteiger partial charge in [-0.1, -0.05) is 0 Å². The third-order valence-corrected chi connectivity index (χ3v) is 4.37. The zero-order valence-corrected chi connectivity index (χ0v) is 16.2. The summed E-state index contributed by atoms with van der Waals surface area (Å²) in [5.74, 6) is 3.65. The number of ether oxygens (including phenoxy) is 4. The van der Waals surface area contributed by atoms with E-state index in [2.05, 4.69) is 15.0 Å². The molecule has 0 aliphatic heterocycles. The van der Waals surface area contributed by atoms with Crippen LogP contribution in [0.5, 0.6) is 28.7 Å². The van der Waals surface area contributed by atoms with Crippen LogP contribution in [-0.2, 0) is 0 Å². The summed E-state index contributed by atoms with van der Waals surface area (Å²) in [6.45, 7) is 0. The molecule has 0 fully saturated rings. The Bertz CT molecular complexity index is 1150. The third kappa shape index (κ3) is 3.75. The second-order valence-corrected chi connectivity index (χ2v) is 6.11. The molecule has 2 aromatic heterocycles. The van der Waals surface area contributed by atoms with Gasteiger partial charge in [0, 0.05) is 41.7 Å². The highest BCUT2D eigenvalue weighted by atomic mass is 16.5.